The van der Waals surface area contributed by atoms with Crippen LogP contribution in [0.25, 0.3) is 21.5 Å². The zero-order valence-electron chi connectivity index (χ0n) is 13.1. The first-order chi connectivity index (χ1) is 11.8. The maximum atomic E-state index is 12.5. The van der Waals surface area contributed by atoms with E-state index >= 15 is 0 Å². The fraction of sp³-hybridized carbons (Fsp3) is 0.0476. The Bertz CT molecular complexity index is 946. The zero-order chi connectivity index (χ0) is 16.4. The Morgan fingerprint density at radius 3 is 2.58 bits per heavy atom. The highest BCUT2D eigenvalue weighted by atomic mass is 16.1. The largest absolute Gasteiger partial charge is 0.325 e. The molecule has 0 radical (unpaired) electrons. The van der Waals surface area contributed by atoms with E-state index in [1.165, 1.54) is 0 Å². The Morgan fingerprint density at radius 2 is 1.62 bits per heavy atom. The molecule has 1 N–H and O–H groups in total. The van der Waals surface area contributed by atoms with E-state index in [-0.39, 0.29) is 5.91 Å². The average Bonchev–Trinajstić information content (AvgIpc) is 2.62. The van der Waals surface area contributed by atoms with Crippen molar-refractivity contribution in [1.82, 2.24) is 4.98 Å². The van der Waals surface area contributed by atoms with Gasteiger partial charge >= 0.3 is 0 Å². The van der Waals surface area contributed by atoms with Crippen molar-refractivity contribution in [3.05, 3.63) is 84.7 Å². The molecule has 0 bridgehead atoms. The SMILES string of the molecule is O=C(Cc1cccc2ccccc12)Nc1cccc2cnccc12. The standard InChI is InChI=1S/C21H16N2O/c24-21(13-16-7-3-6-15-5-1-2-9-18(15)16)23-20-10-4-8-17-14-22-12-11-19(17)20/h1-12,14H,13H2,(H,23,24). The number of benzene rings is 3. The molecule has 4 rings (SSSR count). The number of hydrogen-bond acceptors (Lipinski definition) is 2. The van der Waals surface area contributed by atoms with Crippen LogP contribution in [-0.4, -0.2) is 10.9 Å². The topological polar surface area (TPSA) is 42.0 Å². The highest BCUT2D eigenvalue weighted by molar-refractivity contribution is 6.03. The number of carbonyl (C=O) groups excluding carboxylic acids is 1. The Balaban J connectivity index is 1.62. The monoisotopic (exact) mass is 312 g/mol. The third kappa shape index (κ3) is 2.72. The predicted molar refractivity (Wildman–Crippen MR) is 98.0 cm³/mol. The molecule has 1 amide bonds. The summed E-state index contributed by atoms with van der Waals surface area (Å²) in [4.78, 5) is 16.7. The summed E-state index contributed by atoms with van der Waals surface area (Å²) in [5, 5.41) is 7.32. The summed E-state index contributed by atoms with van der Waals surface area (Å²) < 4.78 is 0. The van der Waals surface area contributed by atoms with Crippen molar-refractivity contribution < 1.29 is 4.79 Å². The van der Waals surface area contributed by atoms with Crippen LogP contribution in [0.5, 0.6) is 0 Å². The summed E-state index contributed by atoms with van der Waals surface area (Å²) in [6, 6.07) is 22.0. The summed E-state index contributed by atoms with van der Waals surface area (Å²) in [6.07, 6.45) is 3.89. The van der Waals surface area contributed by atoms with Gasteiger partial charge in [0.15, 0.2) is 0 Å². The van der Waals surface area contributed by atoms with E-state index in [2.05, 4.69) is 28.5 Å². The van der Waals surface area contributed by atoms with E-state index in [4.69, 9.17) is 0 Å². The third-order valence-electron chi connectivity index (χ3n) is 4.19. The summed E-state index contributed by atoms with van der Waals surface area (Å²) in [6.45, 7) is 0. The highest BCUT2D eigenvalue weighted by Crippen LogP contribution is 2.23. The molecule has 3 aromatic carbocycles. The second-order valence-electron chi connectivity index (χ2n) is 5.77. The third-order valence-corrected chi connectivity index (χ3v) is 4.19. The normalized spacial score (nSPS) is 10.8. The minimum Gasteiger partial charge on any atom is -0.325 e. The molecule has 1 heterocycles. The number of nitrogens with zero attached hydrogens (tertiary/aromatic N) is 1. The lowest BCUT2D eigenvalue weighted by Crippen LogP contribution is -2.14. The molecular weight excluding hydrogens is 296 g/mol. The van der Waals surface area contributed by atoms with E-state index in [0.717, 1.165) is 32.8 Å². The number of rotatable bonds is 3. The van der Waals surface area contributed by atoms with Gasteiger partial charge in [-0.2, -0.15) is 0 Å². The first kappa shape index (κ1) is 14.4. The number of pyridine rings is 1. The first-order valence-corrected chi connectivity index (χ1v) is 7.90. The van der Waals surface area contributed by atoms with Gasteiger partial charge in [-0.05, 0) is 28.5 Å². The van der Waals surface area contributed by atoms with Crippen LogP contribution in [0, 0.1) is 0 Å². The maximum absolute atomic E-state index is 12.5. The molecule has 0 atom stereocenters. The molecule has 0 saturated heterocycles. The Hall–Kier alpha value is -3.20. The minimum atomic E-state index is -0.0179. The highest BCUT2D eigenvalue weighted by Gasteiger charge is 2.09. The Morgan fingerprint density at radius 1 is 0.833 bits per heavy atom. The predicted octanol–water partition coefficient (Wildman–Crippen LogP) is 4.57. The van der Waals surface area contributed by atoms with E-state index < -0.39 is 0 Å². The molecule has 0 aliphatic carbocycles. The van der Waals surface area contributed by atoms with Gasteiger partial charge in [0, 0.05) is 28.9 Å². The summed E-state index contributed by atoms with van der Waals surface area (Å²) >= 11 is 0. The molecule has 4 aromatic rings. The van der Waals surface area contributed by atoms with Crippen molar-refractivity contribution in [2.75, 3.05) is 5.32 Å². The van der Waals surface area contributed by atoms with Gasteiger partial charge in [0.2, 0.25) is 5.91 Å². The van der Waals surface area contributed by atoms with Gasteiger partial charge in [0.1, 0.15) is 0 Å². The van der Waals surface area contributed by atoms with Gasteiger partial charge in [-0.25, -0.2) is 0 Å². The number of anilines is 1. The maximum Gasteiger partial charge on any atom is 0.228 e. The minimum absolute atomic E-state index is 0.0179. The summed E-state index contributed by atoms with van der Waals surface area (Å²) in [5.74, 6) is -0.0179. The number of carbonyl (C=O) groups is 1. The van der Waals surface area contributed by atoms with Crippen LogP contribution >= 0.6 is 0 Å². The van der Waals surface area contributed by atoms with Crippen LogP contribution in [0.2, 0.25) is 0 Å². The Labute approximate surface area is 140 Å². The molecule has 0 fully saturated rings. The average molecular weight is 312 g/mol. The molecule has 3 nitrogen and oxygen atoms in total. The number of hydrogen-bond donors (Lipinski definition) is 1. The van der Waals surface area contributed by atoms with E-state index in [9.17, 15) is 4.79 Å². The lowest BCUT2D eigenvalue weighted by atomic mass is 10.0. The van der Waals surface area contributed by atoms with Crippen molar-refractivity contribution in [1.29, 1.82) is 0 Å². The molecule has 3 heteroatoms. The number of nitrogens with one attached hydrogen (secondary N) is 1. The van der Waals surface area contributed by atoms with Gasteiger partial charge in [-0.1, -0.05) is 54.6 Å². The number of fused-ring (bicyclic) bond motifs is 2. The smallest absolute Gasteiger partial charge is 0.228 e. The van der Waals surface area contributed by atoms with Crippen LogP contribution < -0.4 is 5.32 Å². The molecule has 0 spiro atoms. The van der Waals surface area contributed by atoms with Crippen molar-refractivity contribution in [3.63, 3.8) is 0 Å². The van der Waals surface area contributed by atoms with Gasteiger partial charge in [0.05, 0.1) is 6.42 Å². The summed E-state index contributed by atoms with van der Waals surface area (Å²) in [7, 11) is 0. The van der Waals surface area contributed by atoms with Crippen molar-refractivity contribution >= 4 is 33.1 Å². The molecule has 1 aromatic heterocycles. The lowest BCUT2D eigenvalue weighted by Gasteiger charge is -2.10. The number of aromatic nitrogens is 1. The molecule has 116 valence electrons. The fourth-order valence-corrected chi connectivity index (χ4v) is 3.05. The first-order valence-electron chi connectivity index (χ1n) is 7.90. The van der Waals surface area contributed by atoms with Crippen molar-refractivity contribution in [3.8, 4) is 0 Å². The van der Waals surface area contributed by atoms with Crippen LogP contribution in [0.4, 0.5) is 5.69 Å². The van der Waals surface area contributed by atoms with Crippen molar-refractivity contribution in [2.45, 2.75) is 6.42 Å². The molecule has 24 heavy (non-hydrogen) atoms. The molecule has 0 aliphatic heterocycles. The van der Waals surface area contributed by atoms with Gasteiger partial charge in [0.25, 0.3) is 0 Å². The van der Waals surface area contributed by atoms with Gasteiger partial charge in [-0.3, -0.25) is 9.78 Å². The fourth-order valence-electron chi connectivity index (χ4n) is 3.05. The van der Waals surface area contributed by atoms with Crippen LogP contribution in [0.15, 0.2) is 79.1 Å². The second-order valence-corrected chi connectivity index (χ2v) is 5.77. The van der Waals surface area contributed by atoms with Gasteiger partial charge < -0.3 is 5.32 Å². The van der Waals surface area contributed by atoms with Crippen molar-refractivity contribution in [2.24, 2.45) is 0 Å². The molecule has 0 unspecified atom stereocenters. The Kier molecular flexibility index (Phi) is 3.67. The van der Waals surface area contributed by atoms with Crippen LogP contribution in [0.1, 0.15) is 5.56 Å². The second kappa shape index (κ2) is 6.13. The van der Waals surface area contributed by atoms with Crippen LogP contribution in [0.3, 0.4) is 0 Å². The quantitative estimate of drug-likeness (QED) is 0.602. The van der Waals surface area contributed by atoms with E-state index in [0.29, 0.717) is 6.42 Å². The number of amides is 1. The zero-order valence-corrected chi connectivity index (χ0v) is 13.1. The molecule has 0 aliphatic rings. The van der Waals surface area contributed by atoms with E-state index in [1.54, 1.807) is 12.4 Å². The van der Waals surface area contributed by atoms with Crippen LogP contribution in [-0.2, 0) is 11.2 Å². The van der Waals surface area contributed by atoms with E-state index in [1.807, 2.05) is 48.5 Å². The molecule has 0 saturated carbocycles. The van der Waals surface area contributed by atoms with Gasteiger partial charge in [-0.15, -0.1) is 0 Å². The summed E-state index contributed by atoms with van der Waals surface area (Å²) in [5.41, 5.74) is 1.85. The lowest BCUT2D eigenvalue weighted by molar-refractivity contribution is -0.115. The molecular formula is C21H16N2O.